The van der Waals surface area contributed by atoms with Crippen molar-refractivity contribution in [3.63, 3.8) is 0 Å². The highest BCUT2D eigenvalue weighted by molar-refractivity contribution is 6.30. The molecule has 0 spiro atoms. The Balaban J connectivity index is 1.41. The van der Waals surface area contributed by atoms with Gasteiger partial charge in [-0.2, -0.15) is 0 Å². The second-order valence-corrected chi connectivity index (χ2v) is 6.76. The molecule has 2 heterocycles. The van der Waals surface area contributed by atoms with Crippen LogP contribution < -0.4 is 4.74 Å². The number of likely N-dealkylation sites (tertiary alicyclic amines) is 1. The van der Waals surface area contributed by atoms with E-state index in [9.17, 15) is 5.11 Å². The quantitative estimate of drug-likeness (QED) is 0.871. The molecule has 1 aliphatic heterocycles. The zero-order valence-corrected chi connectivity index (χ0v) is 14.7. The molecule has 1 atom stereocenters. The van der Waals surface area contributed by atoms with E-state index in [0.29, 0.717) is 11.6 Å². The van der Waals surface area contributed by atoms with Crippen molar-refractivity contribution in [3.05, 3.63) is 47.5 Å². The first-order valence-electron chi connectivity index (χ1n) is 8.39. The summed E-state index contributed by atoms with van der Waals surface area (Å²) in [7, 11) is 1.92. The smallest absolute Gasteiger partial charge is 0.137 e. The number of nitrogens with zero attached hydrogens (tertiary/aromatic N) is 3. The van der Waals surface area contributed by atoms with Crippen LogP contribution in [0.25, 0.3) is 0 Å². The van der Waals surface area contributed by atoms with E-state index in [1.165, 1.54) is 0 Å². The van der Waals surface area contributed by atoms with E-state index in [1.807, 2.05) is 42.1 Å². The maximum atomic E-state index is 10.5. The minimum Gasteiger partial charge on any atom is -0.492 e. The van der Waals surface area contributed by atoms with Gasteiger partial charge >= 0.3 is 0 Å². The summed E-state index contributed by atoms with van der Waals surface area (Å²) in [6, 6.07) is 7.48. The molecule has 130 valence electrons. The Kier molecular flexibility index (Phi) is 5.76. The molecule has 1 fully saturated rings. The van der Waals surface area contributed by atoms with E-state index in [2.05, 4.69) is 9.88 Å². The number of aliphatic hydroxyl groups excluding tert-OH is 1. The predicted octanol–water partition coefficient (Wildman–Crippen LogP) is 2.90. The summed E-state index contributed by atoms with van der Waals surface area (Å²) >= 11 is 5.95. The number of halogens is 1. The van der Waals surface area contributed by atoms with Crippen LogP contribution in [-0.4, -0.2) is 45.8 Å². The van der Waals surface area contributed by atoms with Crippen LogP contribution in [0.4, 0.5) is 0 Å². The van der Waals surface area contributed by atoms with Gasteiger partial charge in [0.05, 0.1) is 0 Å². The molecule has 1 aliphatic rings. The lowest BCUT2D eigenvalue weighted by molar-refractivity contribution is 0.0478. The van der Waals surface area contributed by atoms with Crippen LogP contribution in [0.3, 0.4) is 0 Å². The van der Waals surface area contributed by atoms with Crippen LogP contribution in [0.1, 0.15) is 24.8 Å². The third kappa shape index (κ3) is 4.29. The van der Waals surface area contributed by atoms with Crippen molar-refractivity contribution in [1.29, 1.82) is 0 Å². The number of aryl methyl sites for hydroxylation is 1. The molecule has 6 heteroatoms. The van der Waals surface area contributed by atoms with Crippen molar-refractivity contribution in [2.24, 2.45) is 13.0 Å². The zero-order chi connectivity index (χ0) is 16.9. The highest BCUT2D eigenvalue weighted by atomic mass is 35.5. The van der Waals surface area contributed by atoms with Crippen LogP contribution in [0.5, 0.6) is 5.75 Å². The predicted molar refractivity (Wildman–Crippen MR) is 94.3 cm³/mol. The number of aliphatic hydroxyl groups is 1. The number of imidazole rings is 1. The van der Waals surface area contributed by atoms with Gasteiger partial charge in [0, 0.05) is 31.0 Å². The average Bonchev–Trinajstić information content (AvgIpc) is 3.01. The number of piperidine rings is 1. The lowest BCUT2D eigenvalue weighted by Gasteiger charge is -2.33. The molecule has 0 saturated carbocycles. The summed E-state index contributed by atoms with van der Waals surface area (Å²) in [4.78, 5) is 6.65. The molecular formula is C18H24ClN3O2. The number of benzene rings is 1. The van der Waals surface area contributed by atoms with E-state index in [0.717, 1.165) is 44.0 Å². The fourth-order valence-electron chi connectivity index (χ4n) is 3.21. The number of ether oxygens (including phenoxy) is 1. The monoisotopic (exact) mass is 349 g/mol. The van der Waals surface area contributed by atoms with Gasteiger partial charge in [0.25, 0.3) is 0 Å². The molecule has 1 aromatic carbocycles. The second kappa shape index (κ2) is 8.01. The largest absolute Gasteiger partial charge is 0.492 e. The maximum Gasteiger partial charge on any atom is 0.137 e. The molecule has 3 rings (SSSR count). The Hall–Kier alpha value is -1.56. The lowest BCUT2D eigenvalue weighted by atomic mass is 9.91. The Bertz CT molecular complexity index is 653. The van der Waals surface area contributed by atoms with Gasteiger partial charge in [0.15, 0.2) is 0 Å². The molecule has 1 N–H and O–H groups in total. The molecule has 1 saturated heterocycles. The first-order chi connectivity index (χ1) is 11.6. The summed E-state index contributed by atoms with van der Waals surface area (Å²) in [6.45, 7) is 3.49. The van der Waals surface area contributed by atoms with Gasteiger partial charge in [-0.05, 0) is 50.0 Å². The first-order valence-corrected chi connectivity index (χ1v) is 8.77. The molecule has 1 aromatic heterocycles. The first kappa shape index (κ1) is 17.3. The van der Waals surface area contributed by atoms with Gasteiger partial charge in [-0.25, -0.2) is 4.98 Å². The molecule has 0 amide bonds. The minimum atomic E-state index is -0.477. The average molecular weight is 350 g/mol. The van der Waals surface area contributed by atoms with Gasteiger partial charge in [-0.1, -0.05) is 17.7 Å². The third-order valence-corrected chi connectivity index (χ3v) is 4.91. The molecule has 0 radical (unpaired) electrons. The maximum absolute atomic E-state index is 10.5. The van der Waals surface area contributed by atoms with Gasteiger partial charge in [-0.15, -0.1) is 0 Å². The van der Waals surface area contributed by atoms with Crippen LogP contribution in [0.15, 0.2) is 36.7 Å². The highest BCUT2D eigenvalue weighted by Gasteiger charge is 2.28. The van der Waals surface area contributed by atoms with Crippen LogP contribution >= 0.6 is 11.6 Å². The van der Waals surface area contributed by atoms with Gasteiger partial charge < -0.3 is 14.4 Å². The summed E-state index contributed by atoms with van der Waals surface area (Å²) in [5, 5.41) is 11.2. The van der Waals surface area contributed by atoms with Crippen molar-refractivity contribution in [2.75, 3.05) is 26.2 Å². The van der Waals surface area contributed by atoms with Crippen molar-refractivity contribution in [3.8, 4) is 5.75 Å². The Morgan fingerprint density at radius 2 is 2.17 bits per heavy atom. The molecule has 0 aliphatic carbocycles. The Morgan fingerprint density at radius 1 is 1.38 bits per heavy atom. The van der Waals surface area contributed by atoms with Gasteiger partial charge in [-0.3, -0.25) is 4.90 Å². The molecule has 1 unspecified atom stereocenters. The van der Waals surface area contributed by atoms with Crippen molar-refractivity contribution >= 4 is 11.6 Å². The van der Waals surface area contributed by atoms with Gasteiger partial charge in [0.2, 0.25) is 0 Å². The number of hydrogen-bond donors (Lipinski definition) is 1. The summed E-state index contributed by atoms with van der Waals surface area (Å²) in [6.07, 6.45) is 5.09. The summed E-state index contributed by atoms with van der Waals surface area (Å²) < 4.78 is 7.65. The third-order valence-electron chi connectivity index (χ3n) is 4.67. The second-order valence-electron chi connectivity index (χ2n) is 6.33. The number of rotatable bonds is 6. The van der Waals surface area contributed by atoms with Crippen LogP contribution in [0, 0.1) is 5.92 Å². The van der Waals surface area contributed by atoms with E-state index in [1.54, 1.807) is 6.20 Å². The van der Waals surface area contributed by atoms with Gasteiger partial charge in [0.1, 0.15) is 24.3 Å². The molecule has 5 nitrogen and oxygen atoms in total. The van der Waals surface area contributed by atoms with Crippen molar-refractivity contribution in [2.45, 2.75) is 18.9 Å². The summed E-state index contributed by atoms with van der Waals surface area (Å²) in [5.41, 5.74) is 0. The van der Waals surface area contributed by atoms with E-state index >= 15 is 0 Å². The fraction of sp³-hybridized carbons (Fsp3) is 0.500. The molecular weight excluding hydrogens is 326 g/mol. The Morgan fingerprint density at radius 3 is 2.83 bits per heavy atom. The fourth-order valence-corrected chi connectivity index (χ4v) is 3.39. The SMILES string of the molecule is Cn1ccnc1C(O)C1CCN(CCOc2cccc(Cl)c2)CC1. The van der Waals surface area contributed by atoms with Crippen molar-refractivity contribution < 1.29 is 9.84 Å². The van der Waals surface area contributed by atoms with E-state index in [4.69, 9.17) is 16.3 Å². The number of aromatic nitrogens is 2. The van der Waals surface area contributed by atoms with Crippen molar-refractivity contribution in [1.82, 2.24) is 14.5 Å². The standard InChI is InChI=1S/C18H24ClN3O2/c1-21-10-7-20-18(21)17(23)14-5-8-22(9-6-14)11-12-24-16-4-2-3-15(19)13-16/h2-4,7,10,13-14,17,23H,5-6,8-9,11-12H2,1H3. The normalized spacial score (nSPS) is 17.8. The molecule has 24 heavy (non-hydrogen) atoms. The Labute approximate surface area is 147 Å². The van der Waals surface area contributed by atoms with E-state index in [-0.39, 0.29) is 5.92 Å². The van der Waals surface area contributed by atoms with Crippen LogP contribution in [-0.2, 0) is 7.05 Å². The summed E-state index contributed by atoms with van der Waals surface area (Å²) in [5.74, 6) is 1.84. The lowest BCUT2D eigenvalue weighted by Crippen LogP contribution is -2.38. The van der Waals surface area contributed by atoms with Crippen LogP contribution in [0.2, 0.25) is 5.02 Å². The highest BCUT2D eigenvalue weighted by Crippen LogP contribution is 2.29. The van der Waals surface area contributed by atoms with E-state index < -0.39 is 6.10 Å². The zero-order valence-electron chi connectivity index (χ0n) is 13.9. The topological polar surface area (TPSA) is 50.5 Å². The number of hydrogen-bond acceptors (Lipinski definition) is 4. The molecule has 0 bridgehead atoms. The molecule has 2 aromatic rings. The minimum absolute atomic E-state index is 0.274.